The molecule has 1 aliphatic rings. The van der Waals surface area contributed by atoms with Gasteiger partial charge in [-0.05, 0) is 19.9 Å². The second-order valence-corrected chi connectivity index (χ2v) is 4.76. The van der Waals surface area contributed by atoms with Crippen LogP contribution < -0.4 is 10.1 Å². The lowest BCUT2D eigenvalue weighted by Crippen LogP contribution is -2.53. The molecule has 1 aliphatic heterocycles. The monoisotopic (exact) mass is 235 g/mol. The maximum Gasteiger partial charge on any atom is 0.213 e. The van der Waals surface area contributed by atoms with Gasteiger partial charge in [0.05, 0.1) is 12.8 Å². The molecule has 0 aromatic carbocycles. The van der Waals surface area contributed by atoms with Crippen molar-refractivity contribution in [1.82, 2.24) is 15.2 Å². The number of nitrogens with one attached hydrogen (secondary N) is 1. The Labute approximate surface area is 103 Å². The van der Waals surface area contributed by atoms with Crippen molar-refractivity contribution in [3.63, 3.8) is 0 Å². The third-order valence-corrected chi connectivity index (χ3v) is 3.25. The van der Waals surface area contributed by atoms with Gasteiger partial charge in [0.15, 0.2) is 0 Å². The molecule has 2 heterocycles. The van der Waals surface area contributed by atoms with Gasteiger partial charge in [-0.15, -0.1) is 0 Å². The Kier molecular flexibility index (Phi) is 3.97. The number of nitrogens with zero attached hydrogens (tertiary/aromatic N) is 2. The molecule has 2 rings (SSSR count). The zero-order valence-electron chi connectivity index (χ0n) is 10.8. The van der Waals surface area contributed by atoms with Crippen molar-refractivity contribution in [2.24, 2.45) is 0 Å². The zero-order chi connectivity index (χ0) is 12.3. The minimum absolute atomic E-state index is 0.553. The summed E-state index contributed by atoms with van der Waals surface area (Å²) in [4.78, 5) is 6.92. The summed E-state index contributed by atoms with van der Waals surface area (Å²) in [5.41, 5.74) is 1.07. The second-order valence-electron chi connectivity index (χ2n) is 4.76. The SMILES string of the molecule is COc1cccc(CN2CC(C)NCC2C)n1. The highest BCUT2D eigenvalue weighted by atomic mass is 16.5. The Morgan fingerprint density at radius 2 is 2.29 bits per heavy atom. The molecule has 0 aliphatic carbocycles. The minimum Gasteiger partial charge on any atom is -0.481 e. The minimum atomic E-state index is 0.553. The molecular weight excluding hydrogens is 214 g/mol. The first kappa shape index (κ1) is 12.3. The number of hydrogen-bond acceptors (Lipinski definition) is 4. The molecule has 0 spiro atoms. The van der Waals surface area contributed by atoms with Crippen LogP contribution in [0.1, 0.15) is 19.5 Å². The first-order valence-electron chi connectivity index (χ1n) is 6.16. The Hall–Kier alpha value is -1.13. The van der Waals surface area contributed by atoms with Crippen molar-refractivity contribution in [3.8, 4) is 5.88 Å². The number of hydrogen-bond donors (Lipinski definition) is 1. The van der Waals surface area contributed by atoms with E-state index >= 15 is 0 Å². The Balaban J connectivity index is 2.03. The highest BCUT2D eigenvalue weighted by molar-refractivity contribution is 5.15. The van der Waals surface area contributed by atoms with Crippen molar-refractivity contribution >= 4 is 0 Å². The van der Waals surface area contributed by atoms with Gasteiger partial charge in [-0.3, -0.25) is 4.90 Å². The van der Waals surface area contributed by atoms with Crippen LogP contribution in [0.25, 0.3) is 0 Å². The van der Waals surface area contributed by atoms with Crippen LogP contribution in [0.4, 0.5) is 0 Å². The third kappa shape index (κ3) is 3.17. The van der Waals surface area contributed by atoms with Crippen molar-refractivity contribution in [1.29, 1.82) is 0 Å². The van der Waals surface area contributed by atoms with Crippen LogP contribution in [-0.4, -0.2) is 42.2 Å². The van der Waals surface area contributed by atoms with Crippen LogP contribution in [0, 0.1) is 0 Å². The third-order valence-electron chi connectivity index (χ3n) is 3.25. The molecule has 0 bridgehead atoms. The molecule has 0 amide bonds. The largest absolute Gasteiger partial charge is 0.481 e. The summed E-state index contributed by atoms with van der Waals surface area (Å²) in [6.45, 7) is 7.48. The van der Waals surface area contributed by atoms with E-state index in [1.807, 2.05) is 12.1 Å². The van der Waals surface area contributed by atoms with Crippen molar-refractivity contribution < 1.29 is 4.74 Å². The molecular formula is C13H21N3O. The molecule has 0 radical (unpaired) electrons. The number of aromatic nitrogens is 1. The summed E-state index contributed by atoms with van der Waals surface area (Å²) < 4.78 is 5.15. The number of rotatable bonds is 3. The topological polar surface area (TPSA) is 37.4 Å². The first-order valence-corrected chi connectivity index (χ1v) is 6.16. The Bertz CT molecular complexity index is 369. The van der Waals surface area contributed by atoms with E-state index in [0.29, 0.717) is 18.0 Å². The fraction of sp³-hybridized carbons (Fsp3) is 0.615. The van der Waals surface area contributed by atoms with Crippen LogP contribution in [-0.2, 0) is 6.54 Å². The van der Waals surface area contributed by atoms with E-state index in [1.165, 1.54) is 0 Å². The normalized spacial score (nSPS) is 25.8. The molecule has 1 saturated heterocycles. The summed E-state index contributed by atoms with van der Waals surface area (Å²) in [6.07, 6.45) is 0. The Morgan fingerprint density at radius 3 is 3.06 bits per heavy atom. The molecule has 0 saturated carbocycles. The molecule has 1 N–H and O–H groups in total. The van der Waals surface area contributed by atoms with E-state index < -0.39 is 0 Å². The average molecular weight is 235 g/mol. The molecule has 4 heteroatoms. The van der Waals surface area contributed by atoms with Gasteiger partial charge in [0.25, 0.3) is 0 Å². The summed E-state index contributed by atoms with van der Waals surface area (Å²) in [5.74, 6) is 0.693. The molecule has 1 aromatic heterocycles. The molecule has 1 aromatic rings. The highest BCUT2D eigenvalue weighted by Gasteiger charge is 2.22. The van der Waals surface area contributed by atoms with Crippen LogP contribution in [0.2, 0.25) is 0 Å². The number of pyridine rings is 1. The summed E-state index contributed by atoms with van der Waals surface area (Å²) in [5, 5.41) is 3.48. The van der Waals surface area contributed by atoms with Crippen LogP contribution in [0.3, 0.4) is 0 Å². The Morgan fingerprint density at radius 1 is 1.47 bits per heavy atom. The molecule has 94 valence electrons. The van der Waals surface area contributed by atoms with Gasteiger partial charge < -0.3 is 10.1 Å². The summed E-state index contributed by atoms with van der Waals surface area (Å²) in [7, 11) is 1.65. The van der Waals surface area contributed by atoms with Gasteiger partial charge in [-0.25, -0.2) is 4.98 Å². The summed E-state index contributed by atoms with van der Waals surface area (Å²) in [6, 6.07) is 7.04. The molecule has 4 nitrogen and oxygen atoms in total. The van der Waals surface area contributed by atoms with Gasteiger partial charge in [0.2, 0.25) is 5.88 Å². The fourth-order valence-corrected chi connectivity index (χ4v) is 2.18. The van der Waals surface area contributed by atoms with E-state index in [4.69, 9.17) is 4.74 Å². The highest BCUT2D eigenvalue weighted by Crippen LogP contribution is 2.13. The molecule has 2 atom stereocenters. The van der Waals surface area contributed by atoms with Gasteiger partial charge in [-0.1, -0.05) is 6.07 Å². The number of methoxy groups -OCH3 is 1. The predicted octanol–water partition coefficient (Wildman–Crippen LogP) is 1.27. The van der Waals surface area contributed by atoms with E-state index in [2.05, 4.69) is 35.1 Å². The van der Waals surface area contributed by atoms with E-state index in [1.54, 1.807) is 7.11 Å². The predicted molar refractivity (Wildman–Crippen MR) is 68.1 cm³/mol. The van der Waals surface area contributed by atoms with Gasteiger partial charge >= 0.3 is 0 Å². The lowest BCUT2D eigenvalue weighted by atomic mass is 10.1. The summed E-state index contributed by atoms with van der Waals surface area (Å²) >= 11 is 0. The number of piperazine rings is 1. The van der Waals surface area contributed by atoms with Crippen molar-refractivity contribution in [3.05, 3.63) is 23.9 Å². The van der Waals surface area contributed by atoms with Gasteiger partial charge in [0.1, 0.15) is 0 Å². The maximum atomic E-state index is 5.15. The van der Waals surface area contributed by atoms with Crippen molar-refractivity contribution in [2.75, 3.05) is 20.2 Å². The second kappa shape index (κ2) is 5.47. The van der Waals surface area contributed by atoms with E-state index in [-0.39, 0.29) is 0 Å². The van der Waals surface area contributed by atoms with Crippen LogP contribution >= 0.6 is 0 Å². The molecule has 1 fully saturated rings. The van der Waals surface area contributed by atoms with Gasteiger partial charge in [-0.2, -0.15) is 0 Å². The standard InChI is InChI=1S/C13H21N3O/c1-10-8-16(11(2)7-14-10)9-12-5-4-6-13(15-12)17-3/h4-6,10-11,14H,7-9H2,1-3H3. The van der Waals surface area contributed by atoms with E-state index in [9.17, 15) is 0 Å². The van der Waals surface area contributed by atoms with E-state index in [0.717, 1.165) is 25.3 Å². The molecule has 2 unspecified atom stereocenters. The quantitative estimate of drug-likeness (QED) is 0.856. The average Bonchev–Trinajstić information content (AvgIpc) is 2.34. The lowest BCUT2D eigenvalue weighted by molar-refractivity contribution is 0.137. The first-order chi connectivity index (χ1) is 8.19. The van der Waals surface area contributed by atoms with Crippen molar-refractivity contribution in [2.45, 2.75) is 32.5 Å². The molecule has 17 heavy (non-hydrogen) atoms. The van der Waals surface area contributed by atoms with Crippen LogP contribution in [0.15, 0.2) is 18.2 Å². The van der Waals surface area contributed by atoms with Gasteiger partial charge in [0, 0.05) is 37.8 Å². The zero-order valence-corrected chi connectivity index (χ0v) is 10.8. The lowest BCUT2D eigenvalue weighted by Gasteiger charge is -2.37. The number of ether oxygens (including phenoxy) is 1. The van der Waals surface area contributed by atoms with Crippen LogP contribution in [0.5, 0.6) is 5.88 Å². The maximum absolute atomic E-state index is 5.15. The smallest absolute Gasteiger partial charge is 0.213 e. The fourth-order valence-electron chi connectivity index (χ4n) is 2.18.